The van der Waals surface area contributed by atoms with E-state index < -0.39 is 0 Å². The van der Waals surface area contributed by atoms with Gasteiger partial charge in [-0.15, -0.1) is 29.9 Å². The van der Waals surface area contributed by atoms with Crippen molar-refractivity contribution in [2.24, 2.45) is 0 Å². The molecular formula is C18H34Cl2N6O2. The van der Waals surface area contributed by atoms with Crippen LogP contribution in [0.4, 0.5) is 0 Å². The molecule has 1 aromatic rings. The lowest BCUT2D eigenvalue weighted by Crippen LogP contribution is -2.32. The molecule has 162 valence electrons. The molecule has 0 aliphatic carbocycles. The molecule has 28 heavy (non-hydrogen) atoms. The Hall–Kier alpha value is -0.930. The average Bonchev–Trinajstić information content (AvgIpc) is 3.35. The fraction of sp³-hybridized carbons (Fsp3) is 0.833. The van der Waals surface area contributed by atoms with E-state index in [0.717, 1.165) is 65.1 Å². The van der Waals surface area contributed by atoms with Gasteiger partial charge in [0.25, 0.3) is 5.91 Å². The normalized spacial score (nSPS) is 20.1. The number of likely N-dealkylation sites (N-methyl/N-ethyl adjacent to an activating group) is 1. The quantitative estimate of drug-likeness (QED) is 0.666. The summed E-state index contributed by atoms with van der Waals surface area (Å²) in [6.45, 7) is 11.4. The Morgan fingerprint density at radius 2 is 1.96 bits per heavy atom. The van der Waals surface area contributed by atoms with Gasteiger partial charge in [-0.05, 0) is 45.4 Å². The van der Waals surface area contributed by atoms with Crippen LogP contribution in [0.3, 0.4) is 0 Å². The van der Waals surface area contributed by atoms with Gasteiger partial charge in [-0.1, -0.05) is 19.1 Å². The van der Waals surface area contributed by atoms with Gasteiger partial charge in [-0.2, -0.15) is 0 Å². The Balaban J connectivity index is 0.00000196. The number of ether oxygens (including phenoxy) is 1. The molecule has 3 heterocycles. The minimum absolute atomic E-state index is 0. The molecule has 0 saturated carbocycles. The van der Waals surface area contributed by atoms with Crippen LogP contribution in [0.2, 0.25) is 0 Å². The smallest absolute Gasteiger partial charge is 0.276 e. The van der Waals surface area contributed by atoms with Crippen LogP contribution in [-0.4, -0.2) is 89.2 Å². The maximum atomic E-state index is 12.7. The number of carbonyl (C=O) groups is 1. The predicted molar refractivity (Wildman–Crippen MR) is 114 cm³/mol. The zero-order valence-corrected chi connectivity index (χ0v) is 18.5. The van der Waals surface area contributed by atoms with Gasteiger partial charge in [-0.3, -0.25) is 4.79 Å². The van der Waals surface area contributed by atoms with Gasteiger partial charge in [0, 0.05) is 19.6 Å². The number of rotatable bonds is 8. The van der Waals surface area contributed by atoms with Crippen molar-refractivity contribution in [3.63, 3.8) is 0 Å². The molecule has 3 rings (SSSR count). The third kappa shape index (κ3) is 6.56. The number of likely N-dealkylation sites (tertiary alicyclic amines) is 1. The third-order valence-corrected chi connectivity index (χ3v) is 5.50. The van der Waals surface area contributed by atoms with E-state index in [2.05, 4.69) is 34.4 Å². The number of amides is 1. The SMILES string of the molecule is CCN(CC)CCOC1CCN(C(=O)c2cn(C3CCNCC3)nn2)C1.Cl.Cl. The Morgan fingerprint density at radius 3 is 2.64 bits per heavy atom. The second kappa shape index (κ2) is 12.6. The Morgan fingerprint density at radius 1 is 1.25 bits per heavy atom. The number of carbonyl (C=O) groups excluding carboxylic acids is 1. The zero-order chi connectivity index (χ0) is 18.4. The van der Waals surface area contributed by atoms with E-state index in [4.69, 9.17) is 4.74 Å². The first-order valence-electron chi connectivity index (χ1n) is 9.97. The van der Waals surface area contributed by atoms with Crippen molar-refractivity contribution >= 4 is 30.7 Å². The van der Waals surface area contributed by atoms with Crippen molar-refractivity contribution in [1.29, 1.82) is 0 Å². The summed E-state index contributed by atoms with van der Waals surface area (Å²) < 4.78 is 7.83. The summed E-state index contributed by atoms with van der Waals surface area (Å²) in [6.07, 6.45) is 4.90. The molecule has 1 N–H and O–H groups in total. The van der Waals surface area contributed by atoms with E-state index in [0.29, 0.717) is 18.3 Å². The summed E-state index contributed by atoms with van der Waals surface area (Å²) in [5.41, 5.74) is 0.451. The van der Waals surface area contributed by atoms with Gasteiger partial charge in [0.1, 0.15) is 0 Å². The van der Waals surface area contributed by atoms with E-state index in [1.54, 1.807) is 0 Å². The number of aromatic nitrogens is 3. The first-order valence-corrected chi connectivity index (χ1v) is 9.97. The summed E-state index contributed by atoms with van der Waals surface area (Å²) in [5, 5.41) is 11.7. The largest absolute Gasteiger partial charge is 0.375 e. The summed E-state index contributed by atoms with van der Waals surface area (Å²) in [6, 6.07) is 0.347. The first-order chi connectivity index (χ1) is 12.7. The van der Waals surface area contributed by atoms with Crippen LogP contribution in [0.1, 0.15) is 49.6 Å². The Bertz CT molecular complexity index is 578. The molecule has 0 bridgehead atoms. The maximum Gasteiger partial charge on any atom is 0.276 e. The molecule has 2 aliphatic heterocycles. The molecule has 2 fully saturated rings. The zero-order valence-electron chi connectivity index (χ0n) is 16.9. The van der Waals surface area contributed by atoms with Gasteiger partial charge in [0.15, 0.2) is 5.69 Å². The highest BCUT2D eigenvalue weighted by atomic mass is 35.5. The van der Waals surface area contributed by atoms with Crippen LogP contribution in [0.5, 0.6) is 0 Å². The van der Waals surface area contributed by atoms with E-state index in [9.17, 15) is 4.79 Å². The number of nitrogens with zero attached hydrogens (tertiary/aromatic N) is 5. The van der Waals surface area contributed by atoms with Gasteiger partial charge in [0.05, 0.1) is 24.9 Å². The third-order valence-electron chi connectivity index (χ3n) is 5.50. The van der Waals surface area contributed by atoms with Crippen LogP contribution in [-0.2, 0) is 4.74 Å². The van der Waals surface area contributed by atoms with E-state index >= 15 is 0 Å². The van der Waals surface area contributed by atoms with Crippen molar-refractivity contribution in [3.8, 4) is 0 Å². The molecular weight excluding hydrogens is 403 g/mol. The van der Waals surface area contributed by atoms with E-state index in [1.165, 1.54) is 0 Å². The highest BCUT2D eigenvalue weighted by Gasteiger charge is 2.29. The highest BCUT2D eigenvalue weighted by molar-refractivity contribution is 5.92. The fourth-order valence-corrected chi connectivity index (χ4v) is 3.72. The molecule has 0 radical (unpaired) electrons. The summed E-state index contributed by atoms with van der Waals surface area (Å²) >= 11 is 0. The minimum Gasteiger partial charge on any atom is -0.375 e. The molecule has 8 nitrogen and oxygen atoms in total. The number of hydrogen-bond acceptors (Lipinski definition) is 6. The van der Waals surface area contributed by atoms with Crippen molar-refractivity contribution < 1.29 is 9.53 Å². The lowest BCUT2D eigenvalue weighted by atomic mass is 10.1. The number of halogens is 2. The van der Waals surface area contributed by atoms with Crippen molar-refractivity contribution in [1.82, 2.24) is 30.1 Å². The molecule has 1 aromatic heterocycles. The lowest BCUT2D eigenvalue weighted by Gasteiger charge is -2.22. The molecule has 1 atom stereocenters. The Kier molecular flexibility index (Phi) is 11.3. The van der Waals surface area contributed by atoms with Crippen LogP contribution >= 0.6 is 24.8 Å². The molecule has 0 aromatic carbocycles. The fourth-order valence-electron chi connectivity index (χ4n) is 3.72. The second-order valence-corrected chi connectivity index (χ2v) is 7.12. The first kappa shape index (κ1) is 25.1. The van der Waals surface area contributed by atoms with E-state index in [-0.39, 0.29) is 36.8 Å². The van der Waals surface area contributed by atoms with Crippen molar-refractivity contribution in [2.45, 2.75) is 45.3 Å². The number of piperidine rings is 1. The van der Waals surface area contributed by atoms with Crippen LogP contribution in [0.15, 0.2) is 6.20 Å². The van der Waals surface area contributed by atoms with Gasteiger partial charge in [0.2, 0.25) is 0 Å². The summed E-state index contributed by atoms with van der Waals surface area (Å²) in [4.78, 5) is 16.9. The predicted octanol–water partition coefficient (Wildman–Crippen LogP) is 1.62. The second-order valence-electron chi connectivity index (χ2n) is 7.12. The topological polar surface area (TPSA) is 75.5 Å². The maximum absolute atomic E-state index is 12.7. The lowest BCUT2D eigenvalue weighted by molar-refractivity contribution is 0.0419. The minimum atomic E-state index is -0.0278. The molecule has 2 aliphatic rings. The van der Waals surface area contributed by atoms with Crippen molar-refractivity contribution in [3.05, 3.63) is 11.9 Å². The van der Waals surface area contributed by atoms with Crippen LogP contribution in [0.25, 0.3) is 0 Å². The standard InChI is InChI=1S/C18H32N6O2.2ClH/c1-3-22(4-2)11-12-26-16-7-10-23(13-16)18(25)17-14-24(21-20-17)15-5-8-19-9-6-15;;/h14-16,19H,3-13H2,1-2H3;2*1H. The number of nitrogens with one attached hydrogen (secondary N) is 1. The monoisotopic (exact) mass is 436 g/mol. The van der Waals surface area contributed by atoms with E-state index in [1.807, 2.05) is 15.8 Å². The van der Waals surface area contributed by atoms with Gasteiger partial charge < -0.3 is 19.9 Å². The van der Waals surface area contributed by atoms with Crippen molar-refractivity contribution in [2.75, 3.05) is 52.4 Å². The van der Waals surface area contributed by atoms with Crippen LogP contribution in [0, 0.1) is 0 Å². The average molecular weight is 437 g/mol. The molecule has 2 saturated heterocycles. The Labute approximate surface area is 180 Å². The summed E-state index contributed by atoms with van der Waals surface area (Å²) in [5.74, 6) is -0.0278. The summed E-state index contributed by atoms with van der Waals surface area (Å²) in [7, 11) is 0. The molecule has 0 spiro atoms. The van der Waals surface area contributed by atoms with Gasteiger partial charge in [-0.25, -0.2) is 4.68 Å². The molecule has 10 heteroatoms. The molecule has 1 amide bonds. The van der Waals surface area contributed by atoms with Crippen LogP contribution < -0.4 is 5.32 Å². The molecule has 1 unspecified atom stereocenters. The number of hydrogen-bond donors (Lipinski definition) is 1. The van der Waals surface area contributed by atoms with Gasteiger partial charge >= 0.3 is 0 Å². The highest BCUT2D eigenvalue weighted by Crippen LogP contribution is 2.19.